The Bertz CT molecular complexity index is 309. The summed E-state index contributed by atoms with van der Waals surface area (Å²) < 4.78 is 0. The van der Waals surface area contributed by atoms with Gasteiger partial charge in [0.1, 0.15) is 6.42 Å². The maximum Gasteiger partial charge on any atom is 0.237 e. The molecule has 0 aromatic heterocycles. The third kappa shape index (κ3) is 1.72. The molecule has 0 aromatic carbocycles. The van der Waals surface area contributed by atoms with Crippen molar-refractivity contribution in [2.75, 3.05) is 26.7 Å². The van der Waals surface area contributed by atoms with E-state index in [1.54, 1.807) is 0 Å². The summed E-state index contributed by atoms with van der Waals surface area (Å²) in [5.74, 6) is 0.0130. The number of amides is 1. The first-order valence-corrected chi connectivity index (χ1v) is 5.54. The molecular weight excluding hydrogens is 190 g/mol. The van der Waals surface area contributed by atoms with Crippen molar-refractivity contribution in [2.45, 2.75) is 31.2 Å². The Balaban J connectivity index is 2.03. The zero-order valence-electron chi connectivity index (χ0n) is 9.20. The smallest absolute Gasteiger partial charge is 0.237 e. The van der Waals surface area contributed by atoms with Gasteiger partial charge in [-0.1, -0.05) is 0 Å². The molecule has 2 aliphatic rings. The van der Waals surface area contributed by atoms with Gasteiger partial charge in [0, 0.05) is 13.1 Å². The zero-order valence-corrected chi connectivity index (χ0v) is 9.20. The number of hydrogen-bond donors (Lipinski definition) is 0. The van der Waals surface area contributed by atoms with E-state index in [9.17, 15) is 4.79 Å². The summed E-state index contributed by atoms with van der Waals surface area (Å²) in [6, 6.07) is 1.94. The number of likely N-dealkylation sites (N-methyl/N-ethyl adjacent to an activating group) is 1. The Hall–Kier alpha value is -1.08. The second kappa shape index (κ2) is 3.82. The SMILES string of the molecule is CN1CCCC2(CCN2C(=O)CC#N)C1. The van der Waals surface area contributed by atoms with Gasteiger partial charge in [0.25, 0.3) is 0 Å². The largest absolute Gasteiger partial charge is 0.335 e. The first kappa shape index (κ1) is 10.4. The van der Waals surface area contributed by atoms with E-state index in [4.69, 9.17) is 5.26 Å². The summed E-state index contributed by atoms with van der Waals surface area (Å²) in [4.78, 5) is 15.9. The van der Waals surface area contributed by atoms with Crippen LogP contribution in [0.25, 0.3) is 0 Å². The minimum Gasteiger partial charge on any atom is -0.335 e. The van der Waals surface area contributed by atoms with Gasteiger partial charge in [-0.2, -0.15) is 5.26 Å². The number of piperidine rings is 1. The molecule has 4 nitrogen and oxygen atoms in total. The van der Waals surface area contributed by atoms with Crippen LogP contribution in [0.5, 0.6) is 0 Å². The fourth-order valence-corrected chi connectivity index (χ4v) is 2.86. The molecule has 0 aliphatic carbocycles. The number of carbonyl (C=O) groups is 1. The van der Waals surface area contributed by atoms with E-state index in [0.29, 0.717) is 0 Å². The first-order chi connectivity index (χ1) is 7.18. The lowest BCUT2D eigenvalue weighted by Gasteiger charge is -2.56. The average Bonchev–Trinajstić information content (AvgIpc) is 2.16. The lowest BCUT2D eigenvalue weighted by atomic mass is 9.77. The van der Waals surface area contributed by atoms with Gasteiger partial charge >= 0.3 is 0 Å². The van der Waals surface area contributed by atoms with E-state index in [0.717, 1.165) is 38.9 Å². The molecule has 1 amide bonds. The topological polar surface area (TPSA) is 47.3 Å². The van der Waals surface area contributed by atoms with Gasteiger partial charge < -0.3 is 9.80 Å². The summed E-state index contributed by atoms with van der Waals surface area (Å²) in [6.07, 6.45) is 3.40. The Morgan fingerprint density at radius 2 is 2.27 bits per heavy atom. The van der Waals surface area contributed by atoms with E-state index in [1.165, 1.54) is 0 Å². The highest BCUT2D eigenvalue weighted by Gasteiger charge is 2.48. The quantitative estimate of drug-likeness (QED) is 0.632. The normalized spacial score (nSPS) is 31.1. The Kier molecular flexibility index (Phi) is 2.66. The van der Waals surface area contributed by atoms with Gasteiger partial charge in [-0.25, -0.2) is 0 Å². The highest BCUT2D eigenvalue weighted by Crippen LogP contribution is 2.38. The number of likely N-dealkylation sites (tertiary alicyclic amines) is 2. The lowest BCUT2D eigenvalue weighted by Crippen LogP contribution is -2.68. The molecule has 1 spiro atoms. The van der Waals surface area contributed by atoms with Crippen LogP contribution in [0.3, 0.4) is 0 Å². The molecule has 4 heteroatoms. The van der Waals surface area contributed by atoms with Gasteiger partial charge in [0.05, 0.1) is 11.6 Å². The molecule has 0 bridgehead atoms. The van der Waals surface area contributed by atoms with Crippen LogP contribution in [0, 0.1) is 11.3 Å². The van der Waals surface area contributed by atoms with Gasteiger partial charge in [0.15, 0.2) is 0 Å². The fraction of sp³-hybridized carbons (Fsp3) is 0.818. The molecule has 0 radical (unpaired) electrons. The minimum absolute atomic E-state index is 0.0130. The molecular formula is C11H17N3O. The summed E-state index contributed by atoms with van der Waals surface area (Å²) in [7, 11) is 2.10. The Labute approximate surface area is 90.5 Å². The molecule has 2 rings (SSSR count). The summed E-state index contributed by atoms with van der Waals surface area (Å²) in [5, 5.41) is 8.54. The van der Waals surface area contributed by atoms with Crippen molar-refractivity contribution in [1.82, 2.24) is 9.80 Å². The van der Waals surface area contributed by atoms with Crippen LogP contribution in [0.15, 0.2) is 0 Å². The third-order valence-electron chi connectivity index (χ3n) is 3.65. The van der Waals surface area contributed by atoms with Gasteiger partial charge in [0.2, 0.25) is 5.91 Å². The summed E-state index contributed by atoms with van der Waals surface area (Å²) >= 11 is 0. The highest BCUT2D eigenvalue weighted by molar-refractivity contribution is 5.80. The van der Waals surface area contributed by atoms with Crippen molar-refractivity contribution < 1.29 is 4.79 Å². The van der Waals surface area contributed by atoms with Crippen LogP contribution in [0.1, 0.15) is 25.7 Å². The lowest BCUT2D eigenvalue weighted by molar-refractivity contribution is -0.151. The minimum atomic E-state index is 0.0130. The summed E-state index contributed by atoms with van der Waals surface area (Å²) in [6.45, 7) is 2.94. The molecule has 1 unspecified atom stereocenters. The number of carbonyl (C=O) groups excluding carboxylic acids is 1. The molecule has 1 atom stereocenters. The van der Waals surface area contributed by atoms with Crippen LogP contribution in [-0.2, 0) is 4.79 Å². The van der Waals surface area contributed by atoms with Crippen molar-refractivity contribution in [3.63, 3.8) is 0 Å². The molecule has 2 fully saturated rings. The third-order valence-corrected chi connectivity index (χ3v) is 3.65. The molecule has 2 aliphatic heterocycles. The predicted octanol–water partition coefficient (Wildman–Crippen LogP) is 0.597. The number of rotatable bonds is 1. The monoisotopic (exact) mass is 207 g/mol. The first-order valence-electron chi connectivity index (χ1n) is 5.54. The highest BCUT2D eigenvalue weighted by atomic mass is 16.2. The predicted molar refractivity (Wildman–Crippen MR) is 56.0 cm³/mol. The van der Waals surface area contributed by atoms with Crippen molar-refractivity contribution in [3.05, 3.63) is 0 Å². The van der Waals surface area contributed by atoms with Crippen molar-refractivity contribution in [1.29, 1.82) is 5.26 Å². The van der Waals surface area contributed by atoms with Crippen molar-refractivity contribution in [2.24, 2.45) is 0 Å². The van der Waals surface area contributed by atoms with E-state index in [-0.39, 0.29) is 17.9 Å². The standard InChI is InChI=1S/C11H17N3O/c1-13-7-2-4-11(9-13)5-8-14(11)10(15)3-6-12/h2-5,7-9H2,1H3. The van der Waals surface area contributed by atoms with E-state index in [1.807, 2.05) is 11.0 Å². The molecule has 82 valence electrons. The molecule has 2 heterocycles. The molecule has 2 saturated heterocycles. The second-order valence-corrected chi connectivity index (χ2v) is 4.70. The molecule has 0 aromatic rings. The summed E-state index contributed by atoms with van der Waals surface area (Å²) in [5.41, 5.74) is 0.0704. The Morgan fingerprint density at radius 3 is 2.80 bits per heavy atom. The van der Waals surface area contributed by atoms with Gasteiger partial charge in [-0.05, 0) is 32.9 Å². The maximum absolute atomic E-state index is 11.7. The van der Waals surface area contributed by atoms with E-state index >= 15 is 0 Å². The number of nitrogens with zero attached hydrogens (tertiary/aromatic N) is 3. The van der Waals surface area contributed by atoms with Crippen LogP contribution >= 0.6 is 0 Å². The number of hydrogen-bond acceptors (Lipinski definition) is 3. The van der Waals surface area contributed by atoms with Crippen LogP contribution < -0.4 is 0 Å². The fourth-order valence-electron chi connectivity index (χ4n) is 2.86. The molecule has 0 N–H and O–H groups in total. The molecule has 0 saturated carbocycles. The van der Waals surface area contributed by atoms with Crippen LogP contribution in [0.2, 0.25) is 0 Å². The average molecular weight is 207 g/mol. The van der Waals surface area contributed by atoms with E-state index < -0.39 is 0 Å². The van der Waals surface area contributed by atoms with Crippen molar-refractivity contribution >= 4 is 5.91 Å². The zero-order chi connectivity index (χ0) is 10.9. The van der Waals surface area contributed by atoms with E-state index in [2.05, 4.69) is 11.9 Å². The van der Waals surface area contributed by atoms with Crippen LogP contribution in [-0.4, -0.2) is 47.9 Å². The van der Waals surface area contributed by atoms with Gasteiger partial charge in [-0.15, -0.1) is 0 Å². The van der Waals surface area contributed by atoms with Crippen molar-refractivity contribution in [3.8, 4) is 6.07 Å². The molecule has 15 heavy (non-hydrogen) atoms. The second-order valence-electron chi connectivity index (χ2n) is 4.70. The van der Waals surface area contributed by atoms with Gasteiger partial charge in [-0.3, -0.25) is 4.79 Å². The maximum atomic E-state index is 11.7. The Morgan fingerprint density at radius 1 is 1.47 bits per heavy atom. The number of nitriles is 1. The van der Waals surface area contributed by atoms with Crippen LogP contribution in [0.4, 0.5) is 0 Å².